The quantitative estimate of drug-likeness (QED) is 0.531. The monoisotopic (exact) mass is 143 g/mol. The lowest BCUT2D eigenvalue weighted by Crippen LogP contribution is -2.19. The Hall–Kier alpha value is -0.570. The van der Waals surface area contributed by atoms with Crippen molar-refractivity contribution >= 4 is 5.97 Å². The molecular weight excluding hydrogens is 130 g/mol. The molecule has 58 valence electrons. The smallest absolute Gasteiger partial charge is 0.310 e. The minimum atomic E-state index is -0.0862. The third-order valence-electron chi connectivity index (χ3n) is 1.89. The highest BCUT2D eigenvalue weighted by atomic mass is 16.5. The van der Waals surface area contributed by atoms with Crippen LogP contribution in [-0.4, -0.2) is 25.7 Å². The minimum Gasteiger partial charge on any atom is -0.469 e. The molecule has 0 bridgehead atoms. The van der Waals surface area contributed by atoms with E-state index in [4.69, 9.17) is 0 Å². The topological polar surface area (TPSA) is 38.3 Å². The molecule has 1 heterocycles. The summed E-state index contributed by atoms with van der Waals surface area (Å²) < 4.78 is 4.60. The van der Waals surface area contributed by atoms with Crippen LogP contribution in [0.2, 0.25) is 0 Å². The van der Waals surface area contributed by atoms with Gasteiger partial charge in [-0.15, -0.1) is 0 Å². The second-order valence-corrected chi connectivity index (χ2v) is 2.77. The molecule has 1 aliphatic rings. The molecular formula is C7H13NO2. The molecule has 2 unspecified atom stereocenters. The lowest BCUT2D eigenvalue weighted by molar-refractivity contribution is -0.144. The fourth-order valence-electron chi connectivity index (χ4n) is 1.28. The van der Waals surface area contributed by atoms with Crippen molar-refractivity contribution in [1.29, 1.82) is 0 Å². The van der Waals surface area contributed by atoms with Crippen molar-refractivity contribution in [2.75, 3.05) is 13.7 Å². The van der Waals surface area contributed by atoms with Gasteiger partial charge in [0, 0.05) is 12.6 Å². The van der Waals surface area contributed by atoms with Gasteiger partial charge < -0.3 is 10.1 Å². The van der Waals surface area contributed by atoms with Crippen molar-refractivity contribution in [3.05, 3.63) is 0 Å². The van der Waals surface area contributed by atoms with Crippen LogP contribution in [-0.2, 0) is 9.53 Å². The fraction of sp³-hybridized carbons (Fsp3) is 0.857. The van der Waals surface area contributed by atoms with Gasteiger partial charge in [-0.3, -0.25) is 4.79 Å². The van der Waals surface area contributed by atoms with Gasteiger partial charge in [-0.2, -0.15) is 0 Å². The van der Waals surface area contributed by atoms with Crippen molar-refractivity contribution in [2.24, 2.45) is 5.92 Å². The maximum absolute atomic E-state index is 10.9. The zero-order chi connectivity index (χ0) is 7.56. The standard InChI is InChI=1S/C7H13NO2/c1-5-3-6(4-8-5)7(9)10-2/h5-6,8H,3-4H2,1-2H3. The van der Waals surface area contributed by atoms with E-state index >= 15 is 0 Å². The van der Waals surface area contributed by atoms with Crippen LogP contribution in [0.3, 0.4) is 0 Å². The average Bonchev–Trinajstić information content (AvgIpc) is 2.34. The number of esters is 1. The molecule has 1 rings (SSSR count). The van der Waals surface area contributed by atoms with E-state index in [2.05, 4.69) is 17.0 Å². The number of hydrogen-bond acceptors (Lipinski definition) is 3. The normalized spacial score (nSPS) is 32.2. The first-order valence-electron chi connectivity index (χ1n) is 3.55. The molecule has 0 aliphatic carbocycles. The molecule has 1 aliphatic heterocycles. The van der Waals surface area contributed by atoms with E-state index in [-0.39, 0.29) is 11.9 Å². The van der Waals surface area contributed by atoms with Crippen LogP contribution >= 0.6 is 0 Å². The molecule has 0 aromatic rings. The third-order valence-corrected chi connectivity index (χ3v) is 1.89. The molecule has 0 saturated carbocycles. The molecule has 0 aromatic heterocycles. The molecule has 2 atom stereocenters. The van der Waals surface area contributed by atoms with E-state index in [1.165, 1.54) is 7.11 Å². The van der Waals surface area contributed by atoms with Gasteiger partial charge in [-0.1, -0.05) is 0 Å². The first kappa shape index (κ1) is 7.54. The van der Waals surface area contributed by atoms with Crippen molar-refractivity contribution in [3.63, 3.8) is 0 Å². The Bertz CT molecular complexity index is 136. The van der Waals surface area contributed by atoms with E-state index < -0.39 is 0 Å². The summed E-state index contributed by atoms with van der Waals surface area (Å²) in [6.07, 6.45) is 0.909. The summed E-state index contributed by atoms with van der Waals surface area (Å²) in [4.78, 5) is 10.9. The van der Waals surface area contributed by atoms with Crippen molar-refractivity contribution in [1.82, 2.24) is 5.32 Å². The first-order chi connectivity index (χ1) is 4.74. The lowest BCUT2D eigenvalue weighted by Gasteiger charge is -2.03. The summed E-state index contributed by atoms with van der Waals surface area (Å²) in [5, 5.41) is 3.18. The van der Waals surface area contributed by atoms with E-state index in [1.807, 2.05) is 0 Å². The summed E-state index contributed by atoms with van der Waals surface area (Å²) in [7, 11) is 1.44. The van der Waals surface area contributed by atoms with Crippen LogP contribution in [0, 0.1) is 5.92 Å². The van der Waals surface area contributed by atoms with Gasteiger partial charge in [-0.05, 0) is 13.3 Å². The molecule has 0 amide bonds. The summed E-state index contributed by atoms with van der Waals surface area (Å²) in [6.45, 7) is 2.84. The van der Waals surface area contributed by atoms with Crippen LogP contribution in [0.15, 0.2) is 0 Å². The Kier molecular flexibility index (Phi) is 2.27. The van der Waals surface area contributed by atoms with E-state index in [0.717, 1.165) is 13.0 Å². The Morgan fingerprint density at radius 3 is 2.80 bits per heavy atom. The first-order valence-corrected chi connectivity index (χ1v) is 3.55. The maximum atomic E-state index is 10.9. The Morgan fingerprint density at radius 2 is 2.40 bits per heavy atom. The van der Waals surface area contributed by atoms with Gasteiger partial charge in [0.1, 0.15) is 0 Å². The summed E-state index contributed by atoms with van der Waals surface area (Å²) in [5.41, 5.74) is 0. The van der Waals surface area contributed by atoms with Gasteiger partial charge >= 0.3 is 5.97 Å². The highest BCUT2D eigenvalue weighted by Gasteiger charge is 2.27. The molecule has 3 nitrogen and oxygen atoms in total. The zero-order valence-electron chi connectivity index (χ0n) is 6.39. The van der Waals surface area contributed by atoms with E-state index in [0.29, 0.717) is 6.04 Å². The highest BCUT2D eigenvalue weighted by Crippen LogP contribution is 2.14. The SMILES string of the molecule is COC(=O)C1CNC(C)C1. The zero-order valence-corrected chi connectivity index (χ0v) is 6.39. The number of hydrogen-bond donors (Lipinski definition) is 1. The second-order valence-electron chi connectivity index (χ2n) is 2.77. The van der Waals surface area contributed by atoms with Crippen molar-refractivity contribution in [2.45, 2.75) is 19.4 Å². The van der Waals surface area contributed by atoms with Gasteiger partial charge in [-0.25, -0.2) is 0 Å². The van der Waals surface area contributed by atoms with Crippen molar-refractivity contribution in [3.8, 4) is 0 Å². The summed E-state index contributed by atoms with van der Waals surface area (Å²) >= 11 is 0. The number of rotatable bonds is 1. The van der Waals surface area contributed by atoms with E-state index in [9.17, 15) is 4.79 Å². The van der Waals surface area contributed by atoms with Gasteiger partial charge in [0.15, 0.2) is 0 Å². The fourth-order valence-corrected chi connectivity index (χ4v) is 1.28. The number of ether oxygens (including phenoxy) is 1. The summed E-state index contributed by atoms with van der Waals surface area (Å²) in [6, 6.07) is 0.462. The van der Waals surface area contributed by atoms with Crippen LogP contribution < -0.4 is 5.32 Å². The lowest BCUT2D eigenvalue weighted by atomic mass is 10.1. The maximum Gasteiger partial charge on any atom is 0.310 e. The van der Waals surface area contributed by atoms with Gasteiger partial charge in [0.05, 0.1) is 13.0 Å². The summed E-state index contributed by atoms with van der Waals surface area (Å²) in [5.74, 6) is -0.00292. The largest absolute Gasteiger partial charge is 0.469 e. The predicted molar refractivity (Wildman–Crippen MR) is 37.6 cm³/mol. The van der Waals surface area contributed by atoms with E-state index in [1.54, 1.807) is 0 Å². The molecule has 0 spiro atoms. The average molecular weight is 143 g/mol. The van der Waals surface area contributed by atoms with Gasteiger partial charge in [0.2, 0.25) is 0 Å². The minimum absolute atomic E-state index is 0.0833. The molecule has 1 N–H and O–H groups in total. The Labute approximate surface area is 60.7 Å². The van der Waals surface area contributed by atoms with Gasteiger partial charge in [0.25, 0.3) is 0 Å². The Morgan fingerprint density at radius 1 is 1.70 bits per heavy atom. The third kappa shape index (κ3) is 1.48. The van der Waals surface area contributed by atoms with Crippen molar-refractivity contribution < 1.29 is 9.53 Å². The van der Waals surface area contributed by atoms with Crippen LogP contribution in [0.5, 0.6) is 0 Å². The number of carbonyl (C=O) groups is 1. The number of methoxy groups -OCH3 is 1. The highest BCUT2D eigenvalue weighted by molar-refractivity contribution is 5.72. The Balaban J connectivity index is 2.37. The molecule has 1 fully saturated rings. The number of carbonyl (C=O) groups excluding carboxylic acids is 1. The van der Waals surface area contributed by atoms with Crippen LogP contribution in [0.4, 0.5) is 0 Å². The molecule has 3 heteroatoms. The number of nitrogens with one attached hydrogen (secondary N) is 1. The van der Waals surface area contributed by atoms with Crippen LogP contribution in [0.1, 0.15) is 13.3 Å². The molecule has 1 saturated heterocycles. The van der Waals surface area contributed by atoms with Crippen LogP contribution in [0.25, 0.3) is 0 Å². The molecule has 0 aromatic carbocycles. The predicted octanol–water partition coefficient (Wildman–Crippen LogP) is 0.157. The molecule has 10 heavy (non-hydrogen) atoms. The molecule has 0 radical (unpaired) electrons. The second kappa shape index (κ2) is 3.01.